The van der Waals surface area contributed by atoms with E-state index >= 15 is 0 Å². The summed E-state index contributed by atoms with van der Waals surface area (Å²) >= 11 is 2.24. The second kappa shape index (κ2) is 5.69. The number of ketones is 1. The maximum absolute atomic E-state index is 11.8. The highest BCUT2D eigenvalue weighted by molar-refractivity contribution is 14.1. The molecule has 0 saturated heterocycles. The van der Waals surface area contributed by atoms with Crippen molar-refractivity contribution in [1.82, 2.24) is 0 Å². The molecule has 0 heterocycles. The van der Waals surface area contributed by atoms with Crippen LogP contribution in [0.3, 0.4) is 0 Å². The van der Waals surface area contributed by atoms with Crippen molar-refractivity contribution < 1.29 is 9.90 Å². The highest BCUT2D eigenvalue weighted by Crippen LogP contribution is 2.65. The lowest BCUT2D eigenvalue weighted by Gasteiger charge is -2.55. The summed E-state index contributed by atoms with van der Waals surface area (Å²) in [6, 6.07) is 0. The number of hydrogen-bond donors (Lipinski definition) is 1. The lowest BCUT2D eigenvalue weighted by Crippen LogP contribution is -2.51. The van der Waals surface area contributed by atoms with Crippen LogP contribution in [0.15, 0.2) is 21.8 Å². The Labute approximate surface area is 152 Å². The summed E-state index contributed by atoms with van der Waals surface area (Å²) in [4.78, 5) is 11.8. The van der Waals surface area contributed by atoms with Crippen molar-refractivity contribution in [2.75, 3.05) is 0 Å². The second-order valence-corrected chi connectivity index (χ2v) is 9.23. The van der Waals surface area contributed by atoms with Gasteiger partial charge in [-0.25, -0.2) is 0 Å². The van der Waals surface area contributed by atoms with Crippen molar-refractivity contribution in [3.63, 3.8) is 0 Å². The molecule has 0 spiro atoms. The number of halogens is 1. The van der Waals surface area contributed by atoms with Gasteiger partial charge in [0.1, 0.15) is 0 Å². The molecule has 0 aromatic heterocycles. The molecule has 23 heavy (non-hydrogen) atoms. The van der Waals surface area contributed by atoms with Crippen LogP contribution in [0, 0.1) is 29.1 Å². The number of hydrogen-bond acceptors (Lipinski definition) is 2. The Morgan fingerprint density at radius 1 is 1.17 bits per heavy atom. The van der Waals surface area contributed by atoms with Gasteiger partial charge in [-0.1, -0.05) is 35.1 Å². The number of rotatable bonds is 1. The molecule has 0 amide bonds. The van der Waals surface area contributed by atoms with E-state index in [1.54, 1.807) is 0 Å². The first-order valence-electron chi connectivity index (χ1n) is 9.22. The van der Waals surface area contributed by atoms with Crippen molar-refractivity contribution in [1.29, 1.82) is 0 Å². The maximum Gasteiger partial charge on any atom is 0.155 e. The first-order valence-corrected chi connectivity index (χ1v) is 10.5. The highest BCUT2D eigenvalue weighted by Gasteiger charge is 2.61. The topological polar surface area (TPSA) is 37.3 Å². The SMILES string of the molecule is C[C@]12CC[C@H]3[C@@H](CCC4=CC(=O)CC[C@@H]43)[C@@H]1CC[C@@]2(O)C=CI. The van der Waals surface area contributed by atoms with Gasteiger partial charge in [0.15, 0.2) is 5.78 Å². The van der Waals surface area contributed by atoms with Gasteiger partial charge in [0.2, 0.25) is 0 Å². The number of allylic oxidation sites excluding steroid dienone is 1. The Kier molecular flexibility index (Phi) is 4.03. The van der Waals surface area contributed by atoms with E-state index in [-0.39, 0.29) is 5.41 Å². The fourth-order valence-electron chi connectivity index (χ4n) is 6.61. The quantitative estimate of drug-likeness (QED) is 0.612. The zero-order valence-corrected chi connectivity index (χ0v) is 16.1. The minimum Gasteiger partial charge on any atom is -0.385 e. The molecule has 4 rings (SSSR count). The van der Waals surface area contributed by atoms with Crippen molar-refractivity contribution >= 4 is 28.4 Å². The molecule has 3 heteroatoms. The van der Waals surface area contributed by atoms with Gasteiger partial charge in [-0.05, 0) is 84.9 Å². The summed E-state index contributed by atoms with van der Waals surface area (Å²) in [6.45, 7) is 2.34. The van der Waals surface area contributed by atoms with Crippen LogP contribution in [0.1, 0.15) is 58.3 Å². The molecule has 0 radical (unpaired) electrons. The fourth-order valence-corrected chi connectivity index (χ4v) is 7.20. The van der Waals surface area contributed by atoms with Crippen molar-refractivity contribution in [3.05, 3.63) is 21.8 Å². The van der Waals surface area contributed by atoms with E-state index in [0.29, 0.717) is 17.6 Å². The standard InChI is InChI=1S/C20H27IO2/c1-19-8-6-16-15-5-3-14(22)12-13(15)2-4-17(16)18(19)7-9-20(19,23)10-11-21/h10-12,15-18,23H,2-9H2,1H3/t15-,16+,17+,18-,19-,20+/m0/s1. The molecule has 126 valence electrons. The maximum atomic E-state index is 11.8. The van der Waals surface area contributed by atoms with E-state index in [0.717, 1.165) is 43.9 Å². The zero-order chi connectivity index (χ0) is 16.2. The van der Waals surface area contributed by atoms with Crippen LogP contribution in [0.25, 0.3) is 0 Å². The fraction of sp³-hybridized carbons (Fsp3) is 0.750. The Morgan fingerprint density at radius 2 is 2.00 bits per heavy atom. The summed E-state index contributed by atoms with van der Waals surface area (Å²) in [5.41, 5.74) is 0.885. The molecule has 1 N–H and O–H groups in total. The van der Waals surface area contributed by atoms with Crippen LogP contribution < -0.4 is 0 Å². The average molecular weight is 426 g/mol. The van der Waals surface area contributed by atoms with Gasteiger partial charge in [0.05, 0.1) is 5.60 Å². The smallest absolute Gasteiger partial charge is 0.155 e. The Balaban J connectivity index is 1.64. The predicted octanol–water partition coefficient (Wildman–Crippen LogP) is 4.81. The minimum atomic E-state index is -0.609. The van der Waals surface area contributed by atoms with E-state index in [9.17, 15) is 9.90 Å². The van der Waals surface area contributed by atoms with Gasteiger partial charge in [-0.15, -0.1) is 0 Å². The number of fused-ring (bicyclic) bond motifs is 5. The van der Waals surface area contributed by atoms with E-state index in [2.05, 4.69) is 35.6 Å². The largest absolute Gasteiger partial charge is 0.385 e. The Bertz CT molecular complexity index is 580. The van der Waals surface area contributed by atoms with E-state index in [1.165, 1.54) is 24.8 Å². The van der Waals surface area contributed by atoms with E-state index < -0.39 is 5.60 Å². The molecule has 3 fully saturated rings. The monoisotopic (exact) mass is 426 g/mol. The third kappa shape index (κ3) is 2.32. The molecule has 0 aromatic rings. The molecule has 2 nitrogen and oxygen atoms in total. The zero-order valence-electron chi connectivity index (χ0n) is 13.9. The van der Waals surface area contributed by atoms with Gasteiger partial charge in [0, 0.05) is 11.8 Å². The van der Waals surface area contributed by atoms with Crippen molar-refractivity contribution in [3.8, 4) is 0 Å². The van der Waals surface area contributed by atoms with Gasteiger partial charge >= 0.3 is 0 Å². The molecule has 4 aliphatic carbocycles. The van der Waals surface area contributed by atoms with Crippen LogP contribution in [-0.4, -0.2) is 16.5 Å². The molecule has 6 atom stereocenters. The van der Waals surface area contributed by atoms with Gasteiger partial charge in [0.25, 0.3) is 0 Å². The summed E-state index contributed by atoms with van der Waals surface area (Å²) in [5, 5.41) is 11.3. The third-order valence-corrected chi connectivity index (χ3v) is 8.21. The lowest BCUT2D eigenvalue weighted by molar-refractivity contribution is -0.116. The molecular weight excluding hydrogens is 399 g/mol. The van der Waals surface area contributed by atoms with Crippen LogP contribution in [0.5, 0.6) is 0 Å². The first kappa shape index (κ1) is 16.3. The van der Waals surface area contributed by atoms with Crippen molar-refractivity contribution in [2.24, 2.45) is 29.1 Å². The Morgan fingerprint density at radius 3 is 2.78 bits per heavy atom. The molecule has 0 bridgehead atoms. The van der Waals surface area contributed by atoms with Gasteiger partial charge < -0.3 is 5.11 Å². The summed E-state index contributed by atoms with van der Waals surface area (Å²) in [5.74, 6) is 3.16. The van der Waals surface area contributed by atoms with Crippen LogP contribution in [0.2, 0.25) is 0 Å². The van der Waals surface area contributed by atoms with Crippen molar-refractivity contribution in [2.45, 2.75) is 63.9 Å². The van der Waals surface area contributed by atoms with Gasteiger partial charge in [-0.3, -0.25) is 4.79 Å². The van der Waals surface area contributed by atoms with Crippen LogP contribution in [-0.2, 0) is 4.79 Å². The summed E-state index contributed by atoms with van der Waals surface area (Å²) in [7, 11) is 0. The van der Waals surface area contributed by atoms with Gasteiger partial charge in [-0.2, -0.15) is 0 Å². The first-order chi connectivity index (χ1) is 11.0. The second-order valence-electron chi connectivity index (χ2n) is 8.52. The number of carbonyl (C=O) groups excluding carboxylic acids is 1. The Hall–Kier alpha value is -0.160. The third-order valence-electron chi connectivity index (χ3n) is 7.85. The summed E-state index contributed by atoms with van der Waals surface area (Å²) < 4.78 is 2.01. The lowest BCUT2D eigenvalue weighted by atomic mass is 9.50. The number of carbonyl (C=O) groups is 1. The molecule has 0 unspecified atom stereocenters. The van der Waals surface area contributed by atoms with Crippen LogP contribution >= 0.6 is 22.6 Å². The summed E-state index contributed by atoms with van der Waals surface area (Å²) in [6.07, 6.45) is 12.6. The normalized spacial score (nSPS) is 49.5. The molecular formula is C20H27IO2. The number of aliphatic hydroxyl groups is 1. The molecule has 0 aliphatic heterocycles. The molecule has 0 aromatic carbocycles. The highest BCUT2D eigenvalue weighted by atomic mass is 127. The van der Waals surface area contributed by atoms with Crippen LogP contribution in [0.4, 0.5) is 0 Å². The minimum absolute atomic E-state index is 0.0432. The molecule has 3 saturated carbocycles. The average Bonchev–Trinajstić information content (AvgIpc) is 2.79. The van der Waals surface area contributed by atoms with E-state index in [4.69, 9.17) is 0 Å². The predicted molar refractivity (Wildman–Crippen MR) is 100 cm³/mol. The molecule has 4 aliphatic rings. The van der Waals surface area contributed by atoms with E-state index in [1.807, 2.05) is 10.2 Å².